The van der Waals surface area contributed by atoms with Crippen molar-refractivity contribution >= 4 is 42.9 Å². The lowest BCUT2D eigenvalue weighted by atomic mass is 9.87. The van der Waals surface area contributed by atoms with Crippen molar-refractivity contribution in [3.63, 3.8) is 0 Å². The number of aryl methyl sites for hydroxylation is 1. The zero-order valence-corrected chi connectivity index (χ0v) is 28.2. The third kappa shape index (κ3) is 5.91. The standard InChI is InChI=1S/C35H34N4O7S2/c1-3-16-38(2)25-11-8-23(9-12-25)36-37-24-10-14-27-31(20-24)46-35-29-7-5-18-39-17-4-6-22(34(29)39)19-30(35)33(27)28-15-13-26(47(40,41)42)21-32(28)48(43,44)45/h8-15,19-21H,3-7,16-18H2,1-2H3,(H-,40,41,42,43,44,45)/p+1. The normalized spacial score (nSPS) is 15.5. The molecule has 4 aromatic carbocycles. The van der Waals surface area contributed by atoms with Crippen LogP contribution in [0.25, 0.3) is 5.57 Å². The Morgan fingerprint density at radius 2 is 1.52 bits per heavy atom. The second kappa shape index (κ2) is 12.2. The van der Waals surface area contributed by atoms with Gasteiger partial charge in [-0.2, -0.15) is 27.1 Å². The monoisotopic (exact) mass is 687 g/mol. The van der Waals surface area contributed by atoms with Crippen LogP contribution in [-0.2, 0) is 33.1 Å². The zero-order valence-electron chi connectivity index (χ0n) is 26.5. The maximum absolute atomic E-state index is 12.8. The van der Waals surface area contributed by atoms with E-state index in [1.54, 1.807) is 18.2 Å². The van der Waals surface area contributed by atoms with Crippen LogP contribution in [0.15, 0.2) is 86.7 Å². The Balaban J connectivity index is 1.42. The van der Waals surface area contributed by atoms with Crippen molar-refractivity contribution in [2.24, 2.45) is 10.2 Å². The molecule has 4 aromatic rings. The maximum atomic E-state index is 12.8. The van der Waals surface area contributed by atoms with Gasteiger partial charge >= 0.3 is 0 Å². The molecule has 0 saturated heterocycles. The van der Waals surface area contributed by atoms with Crippen molar-refractivity contribution in [1.82, 2.24) is 4.58 Å². The molecule has 3 aliphatic rings. The first kappa shape index (κ1) is 32.1. The van der Waals surface area contributed by atoms with Crippen molar-refractivity contribution < 1.29 is 30.7 Å². The smallest absolute Gasteiger partial charge is 0.295 e. The summed E-state index contributed by atoms with van der Waals surface area (Å²) < 4.78 is 78.6. The summed E-state index contributed by atoms with van der Waals surface area (Å²) in [5.74, 6) is 0.999. The van der Waals surface area contributed by atoms with E-state index in [9.17, 15) is 25.9 Å². The summed E-state index contributed by atoms with van der Waals surface area (Å²) in [5, 5.41) is 10.7. The summed E-state index contributed by atoms with van der Waals surface area (Å²) in [5.41, 5.74) is 5.48. The van der Waals surface area contributed by atoms with Gasteiger partial charge in [0, 0.05) is 65.7 Å². The first-order valence-electron chi connectivity index (χ1n) is 15.9. The van der Waals surface area contributed by atoms with Crippen LogP contribution in [0.5, 0.6) is 11.5 Å². The Labute approximate surface area is 279 Å². The topological polar surface area (TPSA) is 149 Å². The zero-order chi connectivity index (χ0) is 33.8. The van der Waals surface area contributed by atoms with E-state index in [4.69, 9.17) is 4.74 Å². The quantitative estimate of drug-likeness (QED) is 0.129. The molecule has 48 heavy (non-hydrogen) atoms. The van der Waals surface area contributed by atoms with Crippen LogP contribution >= 0.6 is 0 Å². The van der Waals surface area contributed by atoms with Gasteiger partial charge in [0.05, 0.1) is 21.8 Å². The lowest BCUT2D eigenvalue weighted by molar-refractivity contribution is 0.437. The Morgan fingerprint density at radius 1 is 0.833 bits per heavy atom. The Hall–Kier alpha value is -4.43. The first-order valence-corrected chi connectivity index (χ1v) is 18.8. The van der Waals surface area contributed by atoms with Crippen LogP contribution in [0.1, 0.15) is 48.4 Å². The van der Waals surface area contributed by atoms with E-state index < -0.39 is 30.0 Å². The van der Waals surface area contributed by atoms with Crippen LogP contribution in [0.4, 0.5) is 17.1 Å². The maximum Gasteiger partial charge on any atom is 0.295 e. The molecule has 0 saturated carbocycles. The predicted octanol–water partition coefficient (Wildman–Crippen LogP) is 5.18. The highest BCUT2D eigenvalue weighted by Gasteiger charge is 2.33. The number of rotatable bonds is 8. The van der Waals surface area contributed by atoms with Crippen LogP contribution in [0.2, 0.25) is 0 Å². The molecule has 0 amide bonds. The molecule has 2 N–H and O–H groups in total. The molecule has 0 radical (unpaired) electrons. The number of benzene rings is 4. The van der Waals surface area contributed by atoms with E-state index in [1.807, 2.05) is 37.4 Å². The summed E-state index contributed by atoms with van der Waals surface area (Å²) in [7, 11) is -7.66. The molecular formula is C35H35N4O7S2+. The van der Waals surface area contributed by atoms with Gasteiger partial charge in [-0.15, -0.1) is 0 Å². The average Bonchev–Trinajstić information content (AvgIpc) is 3.06. The minimum atomic E-state index is -4.94. The molecule has 0 unspecified atom stereocenters. The fourth-order valence-electron chi connectivity index (χ4n) is 6.98. The van der Waals surface area contributed by atoms with Gasteiger partial charge in [-0.05, 0) is 73.9 Å². The van der Waals surface area contributed by atoms with Crippen LogP contribution in [-0.4, -0.2) is 52.6 Å². The van der Waals surface area contributed by atoms with Crippen LogP contribution in [0.3, 0.4) is 0 Å². The largest absolute Gasteiger partial charge is 0.455 e. The number of azo groups is 1. The summed E-state index contributed by atoms with van der Waals surface area (Å²) in [6.07, 6.45) is 4.55. The molecule has 0 aromatic heterocycles. The van der Waals surface area contributed by atoms with Crippen molar-refractivity contribution in [3.8, 4) is 11.5 Å². The molecule has 3 aliphatic heterocycles. The SMILES string of the molecule is CCCN(C)c1ccc(N=Nc2ccc3c(c2)Oc2c4c5c(cc2=C3c2ccc(S(=O)(=O)O)cc2S(=O)(=O)O)CCC[N+]=5CCC4)cc1. The van der Waals surface area contributed by atoms with Gasteiger partial charge in [0.15, 0.2) is 0 Å². The molecule has 11 nitrogen and oxygen atoms in total. The van der Waals surface area contributed by atoms with E-state index in [2.05, 4.69) is 26.6 Å². The summed E-state index contributed by atoms with van der Waals surface area (Å²) in [6, 6.07) is 18.2. The number of nitrogens with zero attached hydrogens (tertiary/aromatic N) is 4. The molecule has 0 fully saturated rings. The Morgan fingerprint density at radius 3 is 2.23 bits per heavy atom. The van der Waals surface area contributed by atoms with Gasteiger partial charge in [0.25, 0.3) is 20.2 Å². The van der Waals surface area contributed by atoms with E-state index >= 15 is 0 Å². The van der Waals surface area contributed by atoms with Gasteiger partial charge in [0.1, 0.15) is 29.5 Å². The molecular weight excluding hydrogens is 653 g/mol. The minimum absolute atomic E-state index is 0.0776. The second-order valence-electron chi connectivity index (χ2n) is 12.3. The average molecular weight is 688 g/mol. The second-order valence-corrected chi connectivity index (χ2v) is 15.1. The minimum Gasteiger partial charge on any atom is -0.455 e. The molecule has 0 atom stereocenters. The highest BCUT2D eigenvalue weighted by atomic mass is 32.2. The van der Waals surface area contributed by atoms with Gasteiger partial charge in [-0.25, -0.2) is 4.58 Å². The molecule has 7 rings (SSSR count). The number of ether oxygens (including phenoxy) is 1. The van der Waals surface area contributed by atoms with Gasteiger partial charge in [-0.3, -0.25) is 9.11 Å². The van der Waals surface area contributed by atoms with E-state index in [0.29, 0.717) is 39.2 Å². The van der Waals surface area contributed by atoms with Crippen LogP contribution < -0.4 is 24.8 Å². The third-order valence-corrected chi connectivity index (χ3v) is 10.9. The number of anilines is 1. The van der Waals surface area contributed by atoms with Crippen molar-refractivity contribution in [3.05, 3.63) is 99.6 Å². The lowest BCUT2D eigenvalue weighted by Crippen LogP contribution is -2.45. The fourth-order valence-corrected chi connectivity index (χ4v) is 8.28. The molecule has 13 heteroatoms. The highest BCUT2D eigenvalue weighted by molar-refractivity contribution is 7.86. The number of hydrogen-bond acceptors (Lipinski definition) is 8. The Kier molecular flexibility index (Phi) is 8.18. The van der Waals surface area contributed by atoms with Gasteiger partial charge in [0.2, 0.25) is 5.36 Å². The molecule has 0 spiro atoms. The Bertz CT molecular complexity index is 2350. The number of fused-ring (bicyclic) bond motifs is 3. The van der Waals surface area contributed by atoms with Gasteiger partial charge in [-0.1, -0.05) is 13.0 Å². The molecule has 0 aliphatic carbocycles. The molecule has 3 heterocycles. The summed E-state index contributed by atoms with van der Waals surface area (Å²) in [4.78, 5) is 0.876. The lowest BCUT2D eigenvalue weighted by Gasteiger charge is -2.27. The highest BCUT2D eigenvalue weighted by Crippen LogP contribution is 2.42. The van der Waals surface area contributed by atoms with Crippen LogP contribution in [0, 0.1) is 0 Å². The predicted molar refractivity (Wildman–Crippen MR) is 182 cm³/mol. The third-order valence-electron chi connectivity index (χ3n) is 9.12. The first-order chi connectivity index (χ1) is 22.9. The van der Waals surface area contributed by atoms with E-state index in [1.165, 1.54) is 6.07 Å². The molecule has 248 valence electrons. The van der Waals surface area contributed by atoms with Crippen molar-refractivity contribution in [2.45, 2.75) is 48.8 Å². The number of hydrogen-bond donors (Lipinski definition) is 2. The van der Waals surface area contributed by atoms with Gasteiger partial charge < -0.3 is 9.64 Å². The van der Waals surface area contributed by atoms with E-state index in [0.717, 1.165) is 86.0 Å². The van der Waals surface area contributed by atoms with Crippen molar-refractivity contribution in [1.29, 1.82) is 0 Å². The summed E-state index contributed by atoms with van der Waals surface area (Å²) >= 11 is 0. The summed E-state index contributed by atoms with van der Waals surface area (Å²) in [6.45, 7) is 4.95. The van der Waals surface area contributed by atoms with E-state index in [-0.39, 0.29) is 5.56 Å². The van der Waals surface area contributed by atoms with Crippen molar-refractivity contribution in [2.75, 3.05) is 31.6 Å². The fraction of sp³-hybridized carbons (Fsp3) is 0.286. The molecule has 0 bridgehead atoms.